The fourth-order valence-corrected chi connectivity index (χ4v) is 5.98. The van der Waals surface area contributed by atoms with Crippen LogP contribution >= 0.6 is 0 Å². The number of aromatic nitrogens is 3. The predicted octanol–water partition coefficient (Wildman–Crippen LogP) is 2.40. The van der Waals surface area contributed by atoms with E-state index in [4.69, 9.17) is 0 Å². The van der Waals surface area contributed by atoms with Gasteiger partial charge in [0.1, 0.15) is 0 Å². The molecule has 3 aromatic heterocycles. The molecule has 5 heterocycles. The Hall–Kier alpha value is -4.92. The number of allylic oxidation sites excluding steroid dienone is 2. The quantitative estimate of drug-likeness (QED) is 0.217. The van der Waals surface area contributed by atoms with Crippen molar-refractivity contribution in [3.8, 4) is 0 Å². The van der Waals surface area contributed by atoms with Crippen LogP contribution < -0.4 is 26.6 Å². The third-order valence-electron chi connectivity index (χ3n) is 8.48. The standard InChI is InChI=1S/C33H36N4O5/c1-6-20-16(2)26-13-31-23(15-38)19(5)25(37-31)11-24-17(3)21(7-9-32(39)40)29(35-24)14-30-22(8-10-33(41)42)18(4)27(36-30)12-28(20)34-26/h6,11-15,20,34-38H,1,7-10H2,2-5H3,(H,39,40)(H,41,42)/b23-15+,24-11?,28-12?,29-14?,31-13?/t20-/m1/s1. The van der Waals surface area contributed by atoms with Gasteiger partial charge in [0, 0.05) is 63.2 Å². The van der Waals surface area contributed by atoms with Gasteiger partial charge in [0.15, 0.2) is 0 Å². The zero-order valence-corrected chi connectivity index (χ0v) is 24.2. The third kappa shape index (κ3) is 5.13. The number of aliphatic hydroxyl groups excluding tert-OH is 1. The molecular weight excluding hydrogens is 532 g/mol. The summed E-state index contributed by atoms with van der Waals surface area (Å²) in [6.07, 6.45) is 11.6. The van der Waals surface area contributed by atoms with Gasteiger partial charge in [0.2, 0.25) is 0 Å². The topological polar surface area (TPSA) is 154 Å². The van der Waals surface area contributed by atoms with E-state index in [0.29, 0.717) is 18.1 Å². The van der Waals surface area contributed by atoms with Crippen molar-refractivity contribution in [2.45, 2.75) is 53.4 Å². The average molecular weight is 569 g/mol. The number of aliphatic carboxylic acids is 2. The summed E-state index contributed by atoms with van der Waals surface area (Å²) in [4.78, 5) is 33.5. The number of nitrogens with one attached hydrogen (secondary N) is 4. The lowest BCUT2D eigenvalue weighted by Crippen LogP contribution is -2.25. The summed E-state index contributed by atoms with van der Waals surface area (Å²) < 4.78 is 0. The van der Waals surface area contributed by atoms with Crippen molar-refractivity contribution < 1.29 is 24.9 Å². The molecule has 0 saturated heterocycles. The van der Waals surface area contributed by atoms with Gasteiger partial charge in [-0.05, 0) is 98.2 Å². The van der Waals surface area contributed by atoms with Gasteiger partial charge in [0.05, 0.1) is 11.6 Å². The van der Waals surface area contributed by atoms with Crippen LogP contribution in [0, 0.1) is 26.7 Å². The van der Waals surface area contributed by atoms with Crippen LogP contribution in [0.15, 0.2) is 29.6 Å². The number of carboxylic acids is 2. The number of aromatic amines is 3. The minimum Gasteiger partial charge on any atom is -0.515 e. The molecule has 3 aromatic rings. The summed E-state index contributed by atoms with van der Waals surface area (Å²) in [7, 11) is 0. The summed E-state index contributed by atoms with van der Waals surface area (Å²) in [5.41, 5.74) is 9.84. The Morgan fingerprint density at radius 1 is 0.786 bits per heavy atom. The second-order valence-electron chi connectivity index (χ2n) is 11.0. The molecule has 2 aliphatic rings. The minimum atomic E-state index is -0.885. The van der Waals surface area contributed by atoms with Crippen LogP contribution in [0.25, 0.3) is 30.6 Å². The molecule has 0 radical (unpaired) electrons. The highest BCUT2D eigenvalue weighted by atomic mass is 16.4. The maximum Gasteiger partial charge on any atom is 0.303 e. The van der Waals surface area contributed by atoms with Crippen molar-refractivity contribution in [2.24, 2.45) is 5.92 Å². The van der Waals surface area contributed by atoms with Gasteiger partial charge in [-0.2, -0.15) is 0 Å². The first-order valence-corrected chi connectivity index (χ1v) is 13.9. The Kier molecular flexibility index (Phi) is 7.60. The molecule has 2 aliphatic heterocycles. The fraction of sp³-hybridized carbons (Fsp3) is 0.273. The van der Waals surface area contributed by atoms with Gasteiger partial charge in [-0.25, -0.2) is 0 Å². The minimum absolute atomic E-state index is 0.0179. The van der Waals surface area contributed by atoms with Crippen LogP contribution in [0.3, 0.4) is 0 Å². The molecule has 0 fully saturated rings. The SMILES string of the molecule is C=C[C@H]1C2=Cc3[nH]c(c(CCC(=O)O)c3C)C=c3[nH]c(c(C)c3CCC(=O)O)=Cc3[nH]c(/c(=C/O)c3C)=CC(=C1C)N2. The van der Waals surface area contributed by atoms with Crippen LogP contribution in [0.1, 0.15) is 64.7 Å². The maximum absolute atomic E-state index is 11.5. The van der Waals surface area contributed by atoms with E-state index in [1.165, 1.54) is 0 Å². The Morgan fingerprint density at radius 2 is 1.43 bits per heavy atom. The summed E-state index contributed by atoms with van der Waals surface area (Å²) in [6, 6.07) is 0. The Labute approximate surface area is 242 Å². The molecule has 0 saturated carbocycles. The smallest absolute Gasteiger partial charge is 0.303 e. The van der Waals surface area contributed by atoms with Crippen LogP contribution in [0.5, 0.6) is 0 Å². The number of hydrogen-bond donors (Lipinski definition) is 7. The van der Waals surface area contributed by atoms with Crippen molar-refractivity contribution in [3.63, 3.8) is 0 Å². The van der Waals surface area contributed by atoms with E-state index in [1.807, 2.05) is 58.1 Å². The van der Waals surface area contributed by atoms with Gasteiger partial charge in [0.25, 0.3) is 0 Å². The number of H-pyrrole nitrogens is 3. The molecule has 7 N–H and O–H groups in total. The van der Waals surface area contributed by atoms with E-state index in [-0.39, 0.29) is 18.8 Å². The van der Waals surface area contributed by atoms with Crippen molar-refractivity contribution in [1.82, 2.24) is 20.3 Å². The summed E-state index contributed by atoms with van der Waals surface area (Å²) in [5, 5.41) is 35.6. The molecular formula is C33H36N4O5. The van der Waals surface area contributed by atoms with Gasteiger partial charge < -0.3 is 35.6 Å². The highest BCUT2D eigenvalue weighted by Crippen LogP contribution is 2.33. The third-order valence-corrected chi connectivity index (χ3v) is 8.48. The number of fused-ring (bicyclic) bond motifs is 8. The molecule has 8 bridgehead atoms. The Bertz CT molecular complexity index is 1940. The number of carboxylic acid groups (broad SMARTS) is 2. The zero-order chi connectivity index (χ0) is 30.3. The zero-order valence-electron chi connectivity index (χ0n) is 24.2. The Balaban J connectivity index is 1.88. The molecule has 0 aromatic carbocycles. The van der Waals surface area contributed by atoms with Crippen LogP contribution in [-0.4, -0.2) is 42.2 Å². The van der Waals surface area contributed by atoms with E-state index < -0.39 is 11.9 Å². The second-order valence-corrected chi connectivity index (χ2v) is 11.0. The fourth-order valence-electron chi connectivity index (χ4n) is 5.98. The van der Waals surface area contributed by atoms with E-state index in [9.17, 15) is 24.9 Å². The summed E-state index contributed by atoms with van der Waals surface area (Å²) >= 11 is 0. The van der Waals surface area contributed by atoms with Gasteiger partial charge in [-0.1, -0.05) is 6.08 Å². The lowest BCUT2D eigenvalue weighted by Gasteiger charge is -2.08. The monoisotopic (exact) mass is 568 g/mol. The van der Waals surface area contributed by atoms with E-state index >= 15 is 0 Å². The lowest BCUT2D eigenvalue weighted by atomic mass is 9.97. The molecule has 0 spiro atoms. The molecule has 1 atom stereocenters. The second kappa shape index (κ2) is 11.2. The molecule has 9 heteroatoms. The highest BCUT2D eigenvalue weighted by Gasteiger charge is 2.25. The predicted molar refractivity (Wildman–Crippen MR) is 163 cm³/mol. The van der Waals surface area contributed by atoms with Crippen molar-refractivity contribution in [2.75, 3.05) is 0 Å². The summed E-state index contributed by atoms with van der Waals surface area (Å²) in [5.74, 6) is -1.83. The molecule has 0 aliphatic carbocycles. The number of aliphatic hydroxyl groups is 1. The first kappa shape index (κ1) is 28.6. The molecule has 5 rings (SSSR count). The van der Waals surface area contributed by atoms with E-state index in [1.54, 1.807) is 0 Å². The van der Waals surface area contributed by atoms with E-state index in [2.05, 4.69) is 26.8 Å². The van der Waals surface area contributed by atoms with Gasteiger partial charge in [-0.3, -0.25) is 9.59 Å². The van der Waals surface area contributed by atoms with Crippen LogP contribution in [0.4, 0.5) is 0 Å². The number of rotatable bonds is 7. The molecule has 42 heavy (non-hydrogen) atoms. The average Bonchev–Trinajstić information content (AvgIpc) is 3.59. The summed E-state index contributed by atoms with van der Waals surface area (Å²) in [6.45, 7) is 12.0. The first-order chi connectivity index (χ1) is 20.0. The van der Waals surface area contributed by atoms with Gasteiger partial charge in [-0.15, -0.1) is 6.58 Å². The molecule has 0 unspecified atom stereocenters. The Morgan fingerprint density at radius 3 is 2.07 bits per heavy atom. The molecule has 218 valence electrons. The van der Waals surface area contributed by atoms with Crippen LogP contribution in [-0.2, 0) is 22.4 Å². The normalized spacial score (nSPS) is 16.3. The van der Waals surface area contributed by atoms with Crippen molar-refractivity contribution in [3.05, 3.63) is 95.8 Å². The number of carbonyl (C=O) groups is 2. The van der Waals surface area contributed by atoms with E-state index in [0.717, 1.165) is 84.2 Å². The number of hydrogen-bond acceptors (Lipinski definition) is 4. The highest BCUT2D eigenvalue weighted by molar-refractivity contribution is 5.71. The largest absolute Gasteiger partial charge is 0.515 e. The molecule has 0 amide bonds. The lowest BCUT2D eigenvalue weighted by molar-refractivity contribution is -0.138. The van der Waals surface area contributed by atoms with Crippen molar-refractivity contribution in [1.29, 1.82) is 0 Å². The molecule has 9 nitrogen and oxygen atoms in total. The first-order valence-electron chi connectivity index (χ1n) is 13.9. The van der Waals surface area contributed by atoms with Crippen molar-refractivity contribution >= 4 is 42.5 Å². The van der Waals surface area contributed by atoms with Gasteiger partial charge >= 0.3 is 11.9 Å². The van der Waals surface area contributed by atoms with Crippen LogP contribution in [0.2, 0.25) is 0 Å². The maximum atomic E-state index is 11.5.